The van der Waals surface area contributed by atoms with Gasteiger partial charge in [0.2, 0.25) is 0 Å². The molecule has 5 heteroatoms. The molecule has 0 unspecified atom stereocenters. The summed E-state index contributed by atoms with van der Waals surface area (Å²) in [6, 6.07) is 24.8. The van der Waals surface area contributed by atoms with Gasteiger partial charge in [0.15, 0.2) is 0 Å². The summed E-state index contributed by atoms with van der Waals surface area (Å²) in [4.78, 5) is 12.7. The van der Waals surface area contributed by atoms with Crippen molar-refractivity contribution in [2.24, 2.45) is 0 Å². The van der Waals surface area contributed by atoms with Crippen LogP contribution in [0.2, 0.25) is 0 Å². The Morgan fingerprint density at radius 1 is 0.621 bits per heavy atom. The highest BCUT2D eigenvalue weighted by molar-refractivity contribution is 5.82. The summed E-state index contributed by atoms with van der Waals surface area (Å²) in [7, 11) is 0. The van der Waals surface area contributed by atoms with Gasteiger partial charge in [0, 0.05) is 11.1 Å². The van der Waals surface area contributed by atoms with Gasteiger partial charge < -0.3 is 4.42 Å². The third kappa shape index (κ3) is 3.85. The Kier molecular flexibility index (Phi) is 4.80. The minimum Gasteiger partial charge on any atom is -0.422 e. The summed E-state index contributed by atoms with van der Waals surface area (Å²) in [6.07, 6.45) is -4.43. The lowest BCUT2D eigenvalue weighted by Gasteiger charge is -2.12. The minimum atomic E-state index is -4.43. The highest BCUT2D eigenvalue weighted by Crippen LogP contribution is 2.35. The van der Waals surface area contributed by atoms with Crippen molar-refractivity contribution in [3.05, 3.63) is 107 Å². The molecule has 1 aromatic heterocycles. The SMILES string of the molecule is O=c1oc(-c2ccccc2)c(-c2ccccc2)cc1-c1ccc(C(F)(F)F)cc1. The molecular formula is C24H15F3O2. The van der Waals surface area contributed by atoms with Crippen LogP contribution in [-0.4, -0.2) is 0 Å². The molecule has 2 nitrogen and oxygen atoms in total. The second kappa shape index (κ2) is 7.43. The first-order chi connectivity index (χ1) is 13.9. The van der Waals surface area contributed by atoms with Crippen LogP contribution in [0.5, 0.6) is 0 Å². The highest BCUT2D eigenvalue weighted by atomic mass is 19.4. The summed E-state index contributed by atoms with van der Waals surface area (Å²) in [5, 5.41) is 0. The average Bonchev–Trinajstić information content (AvgIpc) is 2.74. The Balaban J connectivity index is 1.90. The van der Waals surface area contributed by atoms with E-state index in [1.807, 2.05) is 60.7 Å². The molecule has 29 heavy (non-hydrogen) atoms. The predicted octanol–water partition coefficient (Wildman–Crippen LogP) is 6.66. The fourth-order valence-corrected chi connectivity index (χ4v) is 3.15. The largest absolute Gasteiger partial charge is 0.422 e. The van der Waals surface area contributed by atoms with Crippen molar-refractivity contribution in [1.29, 1.82) is 0 Å². The molecule has 0 aliphatic rings. The lowest BCUT2D eigenvalue weighted by Crippen LogP contribution is -2.07. The van der Waals surface area contributed by atoms with Crippen LogP contribution >= 0.6 is 0 Å². The third-order valence-electron chi connectivity index (χ3n) is 4.59. The molecule has 0 fully saturated rings. The van der Waals surface area contributed by atoms with Crippen LogP contribution in [0.4, 0.5) is 13.2 Å². The van der Waals surface area contributed by atoms with Crippen LogP contribution in [0.1, 0.15) is 5.56 Å². The normalized spacial score (nSPS) is 11.4. The molecule has 0 saturated carbocycles. The van der Waals surface area contributed by atoms with E-state index in [9.17, 15) is 18.0 Å². The van der Waals surface area contributed by atoms with Crippen LogP contribution in [0.15, 0.2) is 100 Å². The van der Waals surface area contributed by atoms with Crippen LogP contribution in [0.25, 0.3) is 33.6 Å². The van der Waals surface area contributed by atoms with Gasteiger partial charge in [0.05, 0.1) is 11.1 Å². The Hall–Kier alpha value is -3.60. The number of hydrogen-bond acceptors (Lipinski definition) is 2. The highest BCUT2D eigenvalue weighted by Gasteiger charge is 2.30. The molecule has 0 amide bonds. The smallest absolute Gasteiger partial charge is 0.416 e. The van der Waals surface area contributed by atoms with Crippen molar-refractivity contribution < 1.29 is 17.6 Å². The second-order valence-corrected chi connectivity index (χ2v) is 6.50. The zero-order valence-corrected chi connectivity index (χ0v) is 15.1. The Morgan fingerprint density at radius 2 is 1.14 bits per heavy atom. The Labute approximate surface area is 164 Å². The van der Waals surface area contributed by atoms with Crippen molar-refractivity contribution in [3.63, 3.8) is 0 Å². The van der Waals surface area contributed by atoms with Gasteiger partial charge in [-0.25, -0.2) is 4.79 Å². The van der Waals surface area contributed by atoms with Crippen molar-refractivity contribution >= 4 is 0 Å². The van der Waals surface area contributed by atoms with Gasteiger partial charge in [-0.2, -0.15) is 13.2 Å². The van der Waals surface area contributed by atoms with Gasteiger partial charge in [-0.05, 0) is 29.3 Å². The van der Waals surface area contributed by atoms with Gasteiger partial charge in [-0.1, -0.05) is 72.8 Å². The molecule has 4 aromatic rings. The van der Waals surface area contributed by atoms with E-state index in [-0.39, 0.29) is 5.56 Å². The van der Waals surface area contributed by atoms with Gasteiger partial charge in [0.25, 0.3) is 0 Å². The molecule has 0 saturated heterocycles. The summed E-state index contributed by atoms with van der Waals surface area (Å²) >= 11 is 0. The van der Waals surface area contributed by atoms with E-state index >= 15 is 0 Å². The van der Waals surface area contributed by atoms with Crippen LogP contribution < -0.4 is 5.63 Å². The molecule has 0 aliphatic carbocycles. The third-order valence-corrected chi connectivity index (χ3v) is 4.59. The number of alkyl halides is 3. The van der Waals surface area contributed by atoms with E-state index in [0.29, 0.717) is 16.9 Å². The first-order valence-electron chi connectivity index (χ1n) is 8.90. The molecule has 3 aromatic carbocycles. The van der Waals surface area contributed by atoms with Crippen molar-refractivity contribution in [3.8, 4) is 33.6 Å². The van der Waals surface area contributed by atoms with Crippen LogP contribution in [0.3, 0.4) is 0 Å². The average molecular weight is 392 g/mol. The zero-order valence-electron chi connectivity index (χ0n) is 15.1. The van der Waals surface area contributed by atoms with Gasteiger partial charge >= 0.3 is 11.8 Å². The van der Waals surface area contributed by atoms with Crippen molar-refractivity contribution in [1.82, 2.24) is 0 Å². The minimum absolute atomic E-state index is 0.206. The molecule has 0 N–H and O–H groups in total. The predicted molar refractivity (Wildman–Crippen MR) is 106 cm³/mol. The standard InChI is InChI=1S/C24H15F3O2/c25-24(26,27)19-13-11-17(12-14-19)21-15-20(16-7-3-1-4-8-16)22(29-23(21)28)18-9-5-2-6-10-18/h1-15H. The summed E-state index contributed by atoms with van der Waals surface area (Å²) < 4.78 is 44.2. The van der Waals surface area contributed by atoms with Gasteiger partial charge in [-0.3, -0.25) is 0 Å². The Bertz CT molecular complexity index is 1180. The molecule has 0 spiro atoms. The molecule has 0 atom stereocenters. The summed E-state index contributed by atoms with van der Waals surface area (Å²) in [5.74, 6) is 0.414. The van der Waals surface area contributed by atoms with Gasteiger partial charge in [0.1, 0.15) is 5.76 Å². The molecule has 144 valence electrons. The quantitative estimate of drug-likeness (QED) is 0.390. The maximum atomic E-state index is 12.8. The first kappa shape index (κ1) is 18.7. The molecule has 0 aliphatic heterocycles. The summed E-state index contributed by atoms with van der Waals surface area (Å²) in [5.41, 5.74) is 1.45. The fraction of sp³-hybridized carbons (Fsp3) is 0.0417. The zero-order chi connectivity index (χ0) is 20.4. The molecular weight excluding hydrogens is 377 g/mol. The maximum Gasteiger partial charge on any atom is 0.416 e. The van der Waals surface area contributed by atoms with E-state index in [1.165, 1.54) is 12.1 Å². The van der Waals surface area contributed by atoms with Gasteiger partial charge in [-0.15, -0.1) is 0 Å². The first-order valence-corrected chi connectivity index (χ1v) is 8.90. The topological polar surface area (TPSA) is 30.2 Å². The van der Waals surface area contributed by atoms with E-state index in [1.54, 1.807) is 6.07 Å². The van der Waals surface area contributed by atoms with E-state index in [2.05, 4.69) is 0 Å². The lowest BCUT2D eigenvalue weighted by atomic mass is 9.97. The number of hydrogen-bond donors (Lipinski definition) is 0. The molecule has 4 rings (SSSR count). The van der Waals surface area contributed by atoms with Crippen LogP contribution in [-0.2, 0) is 6.18 Å². The molecule has 0 bridgehead atoms. The summed E-state index contributed by atoms with van der Waals surface area (Å²) in [6.45, 7) is 0. The molecule has 0 radical (unpaired) electrons. The van der Waals surface area contributed by atoms with Crippen LogP contribution in [0, 0.1) is 0 Å². The fourth-order valence-electron chi connectivity index (χ4n) is 3.15. The molecule has 1 heterocycles. The van der Waals surface area contributed by atoms with E-state index < -0.39 is 17.4 Å². The second-order valence-electron chi connectivity index (χ2n) is 6.50. The Morgan fingerprint density at radius 3 is 1.69 bits per heavy atom. The van der Waals surface area contributed by atoms with Crippen molar-refractivity contribution in [2.45, 2.75) is 6.18 Å². The number of halogens is 3. The maximum absolute atomic E-state index is 12.8. The van der Waals surface area contributed by atoms with E-state index in [0.717, 1.165) is 23.3 Å². The lowest BCUT2D eigenvalue weighted by molar-refractivity contribution is -0.137. The number of benzene rings is 3. The number of rotatable bonds is 3. The van der Waals surface area contributed by atoms with E-state index in [4.69, 9.17) is 4.42 Å². The monoisotopic (exact) mass is 392 g/mol. The van der Waals surface area contributed by atoms with Crippen molar-refractivity contribution in [2.75, 3.05) is 0 Å².